The van der Waals surface area contributed by atoms with Crippen LogP contribution >= 0.6 is 15.9 Å². The van der Waals surface area contributed by atoms with Gasteiger partial charge in [-0.1, -0.05) is 52.3 Å². The number of benzene rings is 1. The van der Waals surface area contributed by atoms with E-state index in [1.54, 1.807) is 6.08 Å². The molecule has 1 rings (SSSR count). The van der Waals surface area contributed by atoms with Crippen LogP contribution in [0.4, 0.5) is 0 Å². The van der Waals surface area contributed by atoms with Gasteiger partial charge in [-0.3, -0.25) is 4.79 Å². The SMILES string of the molecule is C=C[C@H](NC(C)=O)[C@@H](CCCBr)OCc1ccccc1. The first kappa shape index (κ1) is 16.9. The third kappa shape index (κ3) is 6.35. The lowest BCUT2D eigenvalue weighted by atomic mass is 10.1. The zero-order valence-electron chi connectivity index (χ0n) is 11.8. The smallest absolute Gasteiger partial charge is 0.217 e. The van der Waals surface area contributed by atoms with Crippen LogP contribution in [0.15, 0.2) is 43.0 Å². The van der Waals surface area contributed by atoms with Crippen molar-refractivity contribution in [3.8, 4) is 0 Å². The van der Waals surface area contributed by atoms with Gasteiger partial charge in [0.15, 0.2) is 0 Å². The van der Waals surface area contributed by atoms with Gasteiger partial charge in [-0.05, 0) is 18.4 Å². The number of amides is 1. The van der Waals surface area contributed by atoms with Gasteiger partial charge in [-0.2, -0.15) is 0 Å². The number of hydrogen-bond acceptors (Lipinski definition) is 2. The quantitative estimate of drug-likeness (QED) is 0.552. The molecule has 1 aromatic rings. The van der Waals surface area contributed by atoms with Gasteiger partial charge in [0.2, 0.25) is 5.91 Å². The second-order valence-corrected chi connectivity index (χ2v) is 5.42. The average molecular weight is 340 g/mol. The van der Waals surface area contributed by atoms with Crippen molar-refractivity contribution in [1.82, 2.24) is 5.32 Å². The van der Waals surface area contributed by atoms with E-state index in [4.69, 9.17) is 4.74 Å². The molecular weight excluding hydrogens is 318 g/mol. The third-order valence-corrected chi connectivity index (χ3v) is 3.51. The van der Waals surface area contributed by atoms with Gasteiger partial charge in [-0.15, -0.1) is 6.58 Å². The molecule has 3 nitrogen and oxygen atoms in total. The van der Waals surface area contributed by atoms with Crippen LogP contribution in [-0.4, -0.2) is 23.4 Å². The minimum atomic E-state index is -0.157. The molecule has 1 aromatic carbocycles. The molecule has 0 heterocycles. The molecular formula is C16H22BrNO2. The lowest BCUT2D eigenvalue weighted by molar-refractivity contribution is -0.120. The Morgan fingerprint density at radius 2 is 2.15 bits per heavy atom. The number of hydrogen-bond donors (Lipinski definition) is 1. The fourth-order valence-corrected chi connectivity index (χ4v) is 2.28. The second kappa shape index (κ2) is 9.72. The predicted molar refractivity (Wildman–Crippen MR) is 85.8 cm³/mol. The molecule has 4 heteroatoms. The van der Waals surface area contributed by atoms with Crippen molar-refractivity contribution in [2.75, 3.05) is 5.33 Å². The highest BCUT2D eigenvalue weighted by atomic mass is 79.9. The molecule has 0 bridgehead atoms. The molecule has 0 spiro atoms. The van der Waals surface area contributed by atoms with Crippen LogP contribution in [0.5, 0.6) is 0 Å². The van der Waals surface area contributed by atoms with E-state index in [1.165, 1.54) is 6.92 Å². The topological polar surface area (TPSA) is 38.3 Å². The summed E-state index contributed by atoms with van der Waals surface area (Å²) in [6.07, 6.45) is 3.54. The fourth-order valence-electron chi connectivity index (χ4n) is 1.96. The molecule has 0 aliphatic rings. The van der Waals surface area contributed by atoms with Crippen molar-refractivity contribution in [3.05, 3.63) is 48.6 Å². The van der Waals surface area contributed by atoms with E-state index in [2.05, 4.69) is 27.8 Å². The van der Waals surface area contributed by atoms with Crippen LogP contribution in [0, 0.1) is 0 Å². The summed E-state index contributed by atoms with van der Waals surface area (Å²) in [7, 11) is 0. The summed E-state index contributed by atoms with van der Waals surface area (Å²) in [5.74, 6) is -0.0675. The Bertz CT molecular complexity index is 408. The molecule has 0 saturated carbocycles. The molecule has 0 aromatic heterocycles. The molecule has 0 fully saturated rings. The summed E-state index contributed by atoms with van der Waals surface area (Å²) in [4.78, 5) is 11.2. The minimum Gasteiger partial charge on any atom is -0.371 e. The maximum absolute atomic E-state index is 11.2. The van der Waals surface area contributed by atoms with Gasteiger partial charge in [0, 0.05) is 12.3 Å². The van der Waals surface area contributed by atoms with E-state index in [0.29, 0.717) is 6.61 Å². The summed E-state index contributed by atoms with van der Waals surface area (Å²) in [5, 5.41) is 3.80. The number of rotatable bonds is 9. The van der Waals surface area contributed by atoms with Crippen molar-refractivity contribution in [1.29, 1.82) is 0 Å². The molecule has 2 atom stereocenters. The van der Waals surface area contributed by atoms with E-state index in [-0.39, 0.29) is 18.1 Å². The molecule has 110 valence electrons. The Morgan fingerprint density at radius 3 is 2.70 bits per heavy atom. The van der Waals surface area contributed by atoms with E-state index in [0.717, 1.165) is 23.7 Å². The zero-order chi connectivity index (χ0) is 14.8. The summed E-state index contributed by atoms with van der Waals surface area (Å²) >= 11 is 3.43. The monoisotopic (exact) mass is 339 g/mol. The van der Waals surface area contributed by atoms with Gasteiger partial charge in [0.25, 0.3) is 0 Å². The van der Waals surface area contributed by atoms with E-state index >= 15 is 0 Å². The minimum absolute atomic E-state index is 0.0610. The van der Waals surface area contributed by atoms with Gasteiger partial charge >= 0.3 is 0 Å². The Balaban J connectivity index is 2.62. The lowest BCUT2D eigenvalue weighted by Gasteiger charge is -2.25. The van der Waals surface area contributed by atoms with Crippen LogP contribution in [0.2, 0.25) is 0 Å². The lowest BCUT2D eigenvalue weighted by Crippen LogP contribution is -2.42. The number of nitrogens with one attached hydrogen (secondary N) is 1. The van der Waals surface area contributed by atoms with Crippen molar-refractivity contribution in [3.63, 3.8) is 0 Å². The summed E-state index contributed by atoms with van der Waals surface area (Å²) < 4.78 is 5.98. The number of halogens is 1. The van der Waals surface area contributed by atoms with Crippen LogP contribution in [-0.2, 0) is 16.1 Å². The highest BCUT2D eigenvalue weighted by Gasteiger charge is 2.20. The summed E-state index contributed by atoms with van der Waals surface area (Å²) in [5.41, 5.74) is 1.13. The molecule has 1 amide bonds. The number of carbonyl (C=O) groups is 1. The van der Waals surface area contributed by atoms with E-state index in [9.17, 15) is 4.79 Å². The van der Waals surface area contributed by atoms with Gasteiger partial charge in [0.1, 0.15) is 0 Å². The fraction of sp³-hybridized carbons (Fsp3) is 0.438. The first-order valence-electron chi connectivity index (χ1n) is 6.78. The molecule has 20 heavy (non-hydrogen) atoms. The summed E-state index contributed by atoms with van der Waals surface area (Å²) in [6.45, 7) is 5.84. The first-order valence-corrected chi connectivity index (χ1v) is 7.90. The van der Waals surface area contributed by atoms with Crippen molar-refractivity contribution in [2.45, 2.75) is 38.5 Å². The molecule has 1 N–H and O–H groups in total. The highest BCUT2D eigenvalue weighted by molar-refractivity contribution is 9.09. The number of ether oxygens (including phenoxy) is 1. The van der Waals surface area contributed by atoms with Crippen LogP contribution in [0.25, 0.3) is 0 Å². The van der Waals surface area contributed by atoms with Gasteiger partial charge < -0.3 is 10.1 Å². The first-order chi connectivity index (χ1) is 9.67. The van der Waals surface area contributed by atoms with Crippen LogP contribution in [0.1, 0.15) is 25.3 Å². The molecule has 0 aliphatic carbocycles. The molecule has 0 aliphatic heterocycles. The third-order valence-electron chi connectivity index (χ3n) is 2.95. The average Bonchev–Trinajstić information content (AvgIpc) is 2.46. The molecule has 0 radical (unpaired) electrons. The maximum atomic E-state index is 11.2. The van der Waals surface area contributed by atoms with Gasteiger partial charge in [-0.25, -0.2) is 0 Å². The summed E-state index contributed by atoms with van der Waals surface area (Å²) in [6, 6.07) is 9.87. The number of carbonyl (C=O) groups excluding carboxylic acids is 1. The molecule has 0 unspecified atom stereocenters. The Hall–Kier alpha value is -1.13. The van der Waals surface area contributed by atoms with Crippen LogP contribution < -0.4 is 5.32 Å². The normalized spacial score (nSPS) is 13.5. The second-order valence-electron chi connectivity index (χ2n) is 4.63. The largest absolute Gasteiger partial charge is 0.371 e. The van der Waals surface area contributed by atoms with Crippen molar-refractivity contribution in [2.24, 2.45) is 0 Å². The standard InChI is InChI=1S/C16H22BrNO2/c1-3-15(18-13(2)19)16(10-7-11-17)20-12-14-8-5-4-6-9-14/h3-6,8-9,15-16H,1,7,10-12H2,2H3,(H,18,19)/t15-,16+/m0/s1. The highest BCUT2D eigenvalue weighted by Crippen LogP contribution is 2.13. The Kier molecular flexibility index (Phi) is 8.23. The number of alkyl halides is 1. The molecule has 0 saturated heterocycles. The Morgan fingerprint density at radius 1 is 1.45 bits per heavy atom. The van der Waals surface area contributed by atoms with Crippen molar-refractivity contribution >= 4 is 21.8 Å². The van der Waals surface area contributed by atoms with E-state index < -0.39 is 0 Å². The predicted octanol–water partition coefficient (Wildman–Crippen LogP) is 3.44. The van der Waals surface area contributed by atoms with Crippen molar-refractivity contribution < 1.29 is 9.53 Å². The van der Waals surface area contributed by atoms with E-state index in [1.807, 2.05) is 30.3 Å². The maximum Gasteiger partial charge on any atom is 0.217 e. The van der Waals surface area contributed by atoms with Crippen LogP contribution in [0.3, 0.4) is 0 Å². The zero-order valence-corrected chi connectivity index (χ0v) is 13.4. The Labute approximate surface area is 129 Å². The van der Waals surface area contributed by atoms with Gasteiger partial charge in [0.05, 0.1) is 18.8 Å².